The quantitative estimate of drug-likeness (QED) is 0.779. The van der Waals surface area contributed by atoms with Crippen molar-refractivity contribution in [3.05, 3.63) is 23.9 Å². The van der Waals surface area contributed by atoms with Crippen LogP contribution in [0.5, 0.6) is 0 Å². The lowest BCUT2D eigenvalue weighted by atomic mass is 10.2. The predicted molar refractivity (Wildman–Crippen MR) is 75.2 cm³/mol. The summed E-state index contributed by atoms with van der Waals surface area (Å²) in [5.41, 5.74) is 1.15. The number of piperazine rings is 1. The number of anilines is 1. The Morgan fingerprint density at radius 3 is 2.67 bits per heavy atom. The number of alkyl halides is 1. The van der Waals surface area contributed by atoms with E-state index in [0.717, 1.165) is 43.5 Å². The Labute approximate surface area is 114 Å². The van der Waals surface area contributed by atoms with Crippen LogP contribution in [0.3, 0.4) is 0 Å². The minimum absolute atomic E-state index is 0.547. The third-order valence-electron chi connectivity index (χ3n) is 3.90. The Hall–Kier alpha value is -0.800. The van der Waals surface area contributed by atoms with E-state index >= 15 is 0 Å². The van der Waals surface area contributed by atoms with Gasteiger partial charge in [-0.3, -0.25) is 4.90 Å². The van der Waals surface area contributed by atoms with Gasteiger partial charge in [-0.05, 0) is 24.8 Å². The van der Waals surface area contributed by atoms with E-state index in [0.29, 0.717) is 5.88 Å². The van der Waals surface area contributed by atoms with Crippen molar-refractivity contribution in [2.45, 2.75) is 18.7 Å². The van der Waals surface area contributed by atoms with E-state index in [1.807, 2.05) is 12.3 Å². The lowest BCUT2D eigenvalue weighted by Crippen LogP contribution is -2.47. The van der Waals surface area contributed by atoms with Crippen molar-refractivity contribution >= 4 is 17.4 Å². The molecule has 2 fully saturated rings. The maximum Gasteiger partial charge on any atom is 0.133 e. The topological polar surface area (TPSA) is 19.4 Å². The summed E-state index contributed by atoms with van der Waals surface area (Å²) in [5, 5.41) is 0. The van der Waals surface area contributed by atoms with Gasteiger partial charge in [-0.1, -0.05) is 6.07 Å². The van der Waals surface area contributed by atoms with Gasteiger partial charge in [-0.15, -0.1) is 11.6 Å². The molecular formula is C14H20ClN3. The first kappa shape index (κ1) is 12.2. The first-order chi connectivity index (χ1) is 8.86. The van der Waals surface area contributed by atoms with Crippen LogP contribution in [0, 0.1) is 5.92 Å². The number of nitrogens with zero attached hydrogens (tertiary/aromatic N) is 3. The first-order valence-corrected chi connectivity index (χ1v) is 7.37. The number of pyridine rings is 1. The Kier molecular flexibility index (Phi) is 3.71. The largest absolute Gasteiger partial charge is 0.354 e. The highest BCUT2D eigenvalue weighted by Gasteiger charge is 2.26. The Balaban J connectivity index is 1.60. The second-order valence-corrected chi connectivity index (χ2v) is 5.62. The van der Waals surface area contributed by atoms with Gasteiger partial charge in [0.05, 0.1) is 5.88 Å². The zero-order valence-electron chi connectivity index (χ0n) is 10.7. The third kappa shape index (κ3) is 2.78. The summed E-state index contributed by atoms with van der Waals surface area (Å²) in [6.45, 7) is 5.78. The van der Waals surface area contributed by atoms with Gasteiger partial charge in [-0.25, -0.2) is 4.98 Å². The van der Waals surface area contributed by atoms with Crippen LogP contribution in [-0.2, 0) is 5.88 Å². The van der Waals surface area contributed by atoms with Crippen LogP contribution < -0.4 is 4.90 Å². The van der Waals surface area contributed by atoms with Crippen LogP contribution in [0.1, 0.15) is 18.4 Å². The molecule has 1 aliphatic heterocycles. The molecule has 0 amide bonds. The number of rotatable bonds is 4. The summed E-state index contributed by atoms with van der Waals surface area (Å²) < 4.78 is 0. The van der Waals surface area contributed by atoms with Gasteiger partial charge in [-0.2, -0.15) is 0 Å². The van der Waals surface area contributed by atoms with Crippen molar-refractivity contribution in [3.8, 4) is 0 Å². The lowest BCUT2D eigenvalue weighted by molar-refractivity contribution is 0.247. The standard InChI is InChI=1S/C14H20ClN3/c15-10-13-2-1-5-16-14(13)18-8-6-17(7-9-18)11-12-3-4-12/h1-2,5,12H,3-4,6-11H2. The van der Waals surface area contributed by atoms with Crippen LogP contribution in [0.15, 0.2) is 18.3 Å². The molecule has 0 aromatic carbocycles. The average Bonchev–Trinajstić information content (AvgIpc) is 3.24. The maximum absolute atomic E-state index is 5.98. The highest BCUT2D eigenvalue weighted by molar-refractivity contribution is 6.17. The van der Waals surface area contributed by atoms with E-state index in [1.54, 1.807) is 0 Å². The fourth-order valence-corrected chi connectivity index (χ4v) is 2.84. The smallest absolute Gasteiger partial charge is 0.133 e. The van der Waals surface area contributed by atoms with Crippen molar-refractivity contribution in [3.63, 3.8) is 0 Å². The first-order valence-electron chi connectivity index (χ1n) is 6.84. The average molecular weight is 266 g/mol. The SMILES string of the molecule is ClCc1cccnc1N1CCN(CC2CC2)CC1. The summed E-state index contributed by atoms with van der Waals surface area (Å²) >= 11 is 5.98. The third-order valence-corrected chi connectivity index (χ3v) is 4.18. The van der Waals surface area contributed by atoms with Crippen LogP contribution >= 0.6 is 11.6 Å². The van der Waals surface area contributed by atoms with E-state index < -0.39 is 0 Å². The summed E-state index contributed by atoms with van der Waals surface area (Å²) in [6.07, 6.45) is 4.75. The predicted octanol–water partition coefficient (Wildman–Crippen LogP) is 2.35. The van der Waals surface area contributed by atoms with Gasteiger partial charge in [0, 0.05) is 44.5 Å². The molecule has 0 bridgehead atoms. The van der Waals surface area contributed by atoms with E-state index in [1.165, 1.54) is 19.4 Å². The molecule has 0 radical (unpaired) electrons. The van der Waals surface area contributed by atoms with E-state index in [4.69, 9.17) is 11.6 Å². The van der Waals surface area contributed by atoms with Crippen LogP contribution in [-0.4, -0.2) is 42.6 Å². The number of hydrogen-bond donors (Lipinski definition) is 0. The monoisotopic (exact) mass is 265 g/mol. The summed E-state index contributed by atoms with van der Waals surface area (Å²) in [4.78, 5) is 9.47. The molecule has 3 rings (SSSR count). The highest BCUT2D eigenvalue weighted by Crippen LogP contribution is 2.30. The molecule has 3 nitrogen and oxygen atoms in total. The van der Waals surface area contributed by atoms with Gasteiger partial charge < -0.3 is 4.90 Å². The van der Waals surface area contributed by atoms with Crippen molar-refractivity contribution in [2.75, 3.05) is 37.6 Å². The number of hydrogen-bond acceptors (Lipinski definition) is 3. The summed E-state index contributed by atoms with van der Waals surface area (Å²) in [7, 11) is 0. The molecule has 18 heavy (non-hydrogen) atoms. The minimum atomic E-state index is 0.547. The molecule has 0 atom stereocenters. The molecule has 2 heterocycles. The van der Waals surface area contributed by atoms with E-state index in [2.05, 4.69) is 20.9 Å². The van der Waals surface area contributed by atoms with Crippen molar-refractivity contribution in [2.24, 2.45) is 5.92 Å². The zero-order valence-corrected chi connectivity index (χ0v) is 11.4. The maximum atomic E-state index is 5.98. The van der Waals surface area contributed by atoms with E-state index in [-0.39, 0.29) is 0 Å². The molecule has 2 aliphatic rings. The van der Waals surface area contributed by atoms with Gasteiger partial charge in [0.2, 0.25) is 0 Å². The van der Waals surface area contributed by atoms with Crippen molar-refractivity contribution in [1.29, 1.82) is 0 Å². The molecule has 1 saturated carbocycles. The van der Waals surface area contributed by atoms with Gasteiger partial charge in [0.25, 0.3) is 0 Å². The number of halogens is 1. The van der Waals surface area contributed by atoms with Crippen LogP contribution in [0.2, 0.25) is 0 Å². The van der Waals surface area contributed by atoms with E-state index in [9.17, 15) is 0 Å². The second-order valence-electron chi connectivity index (χ2n) is 5.35. The Morgan fingerprint density at radius 1 is 1.22 bits per heavy atom. The molecule has 0 unspecified atom stereocenters. The van der Waals surface area contributed by atoms with Crippen molar-refractivity contribution < 1.29 is 0 Å². The molecule has 4 heteroatoms. The normalized spacial score (nSPS) is 21.3. The number of aromatic nitrogens is 1. The van der Waals surface area contributed by atoms with Crippen LogP contribution in [0.4, 0.5) is 5.82 Å². The summed E-state index contributed by atoms with van der Waals surface area (Å²) in [5.74, 6) is 2.62. The molecule has 0 spiro atoms. The zero-order chi connectivity index (χ0) is 12.4. The van der Waals surface area contributed by atoms with Crippen LogP contribution in [0.25, 0.3) is 0 Å². The van der Waals surface area contributed by atoms with Gasteiger partial charge >= 0.3 is 0 Å². The van der Waals surface area contributed by atoms with Gasteiger partial charge in [0.15, 0.2) is 0 Å². The lowest BCUT2D eigenvalue weighted by Gasteiger charge is -2.36. The molecule has 1 saturated heterocycles. The molecule has 98 valence electrons. The Morgan fingerprint density at radius 2 is 2.00 bits per heavy atom. The fourth-order valence-electron chi connectivity index (χ4n) is 2.63. The molecule has 1 aliphatic carbocycles. The summed E-state index contributed by atoms with van der Waals surface area (Å²) in [6, 6.07) is 4.04. The molecule has 1 aromatic heterocycles. The second kappa shape index (κ2) is 5.45. The molecule has 1 aromatic rings. The molecule has 0 N–H and O–H groups in total. The highest BCUT2D eigenvalue weighted by atomic mass is 35.5. The minimum Gasteiger partial charge on any atom is -0.354 e. The Bertz CT molecular complexity index is 398. The van der Waals surface area contributed by atoms with Gasteiger partial charge in [0.1, 0.15) is 5.82 Å². The van der Waals surface area contributed by atoms with Crippen molar-refractivity contribution in [1.82, 2.24) is 9.88 Å². The fraction of sp³-hybridized carbons (Fsp3) is 0.643. The molecular weight excluding hydrogens is 246 g/mol.